The highest BCUT2D eigenvalue weighted by Gasteiger charge is 2.36. The molecule has 1 aromatic rings. The predicted octanol–water partition coefficient (Wildman–Crippen LogP) is 1.00. The molecule has 2 N–H and O–H groups in total. The van der Waals surface area contributed by atoms with E-state index < -0.39 is 0 Å². The Morgan fingerprint density at radius 1 is 1.39 bits per heavy atom. The van der Waals surface area contributed by atoms with Gasteiger partial charge >= 0.3 is 12.0 Å². The van der Waals surface area contributed by atoms with Crippen molar-refractivity contribution in [3.8, 4) is 0 Å². The third-order valence-corrected chi connectivity index (χ3v) is 4.33. The van der Waals surface area contributed by atoms with E-state index >= 15 is 0 Å². The third kappa shape index (κ3) is 3.14. The van der Waals surface area contributed by atoms with Crippen LogP contribution in [-0.2, 0) is 22.6 Å². The van der Waals surface area contributed by atoms with Crippen LogP contribution in [0.15, 0.2) is 18.2 Å². The van der Waals surface area contributed by atoms with Gasteiger partial charge in [0.25, 0.3) is 0 Å². The first kappa shape index (κ1) is 15.7. The van der Waals surface area contributed by atoms with Crippen LogP contribution in [0.5, 0.6) is 0 Å². The molecule has 0 bridgehead atoms. The summed E-state index contributed by atoms with van der Waals surface area (Å²) in [5, 5.41) is 5.96. The highest BCUT2D eigenvalue weighted by Crippen LogP contribution is 2.25. The van der Waals surface area contributed by atoms with Crippen molar-refractivity contribution in [2.24, 2.45) is 5.92 Å². The smallest absolute Gasteiger partial charge is 0.318 e. The highest BCUT2D eigenvalue weighted by molar-refractivity contribution is 5.78. The number of carbonyl (C=O) groups excluding carboxylic acids is 2. The van der Waals surface area contributed by atoms with Crippen LogP contribution in [0.4, 0.5) is 9.18 Å². The molecule has 2 atom stereocenters. The van der Waals surface area contributed by atoms with Gasteiger partial charge in [-0.2, -0.15) is 0 Å². The van der Waals surface area contributed by atoms with E-state index in [-0.39, 0.29) is 36.3 Å². The number of fused-ring (bicyclic) bond motifs is 1. The van der Waals surface area contributed by atoms with Crippen molar-refractivity contribution in [3.05, 3.63) is 35.1 Å². The Labute approximate surface area is 134 Å². The van der Waals surface area contributed by atoms with Crippen LogP contribution in [-0.4, -0.2) is 42.6 Å². The molecule has 7 heteroatoms. The maximum atomic E-state index is 13.8. The van der Waals surface area contributed by atoms with Gasteiger partial charge in [-0.1, -0.05) is 12.1 Å². The summed E-state index contributed by atoms with van der Waals surface area (Å²) >= 11 is 0. The SMILES string of the molecule is CCOC(=O)C1CNC[C@@H]1NC(=O)N1Cc2cccc(F)c2C1. The number of hydrogen-bond acceptors (Lipinski definition) is 4. The molecule has 2 heterocycles. The minimum atomic E-state index is -0.388. The normalized spacial score (nSPS) is 22.8. The summed E-state index contributed by atoms with van der Waals surface area (Å²) in [6, 6.07) is 4.27. The van der Waals surface area contributed by atoms with Gasteiger partial charge in [-0.3, -0.25) is 4.79 Å². The van der Waals surface area contributed by atoms with Crippen LogP contribution in [0.2, 0.25) is 0 Å². The summed E-state index contributed by atoms with van der Waals surface area (Å²) < 4.78 is 18.8. The molecule has 124 valence electrons. The Balaban J connectivity index is 1.62. The molecular weight excluding hydrogens is 301 g/mol. The first-order chi connectivity index (χ1) is 11.1. The lowest BCUT2D eigenvalue weighted by molar-refractivity contribution is -0.147. The molecule has 2 aliphatic rings. The lowest BCUT2D eigenvalue weighted by atomic mass is 10.0. The van der Waals surface area contributed by atoms with Gasteiger partial charge in [0.15, 0.2) is 0 Å². The first-order valence-corrected chi connectivity index (χ1v) is 7.79. The zero-order chi connectivity index (χ0) is 16.4. The Bertz CT molecular complexity index is 623. The third-order valence-electron chi connectivity index (χ3n) is 4.33. The van der Waals surface area contributed by atoms with E-state index in [4.69, 9.17) is 4.74 Å². The molecule has 0 spiro atoms. The summed E-state index contributed by atoms with van der Waals surface area (Å²) in [4.78, 5) is 25.9. The van der Waals surface area contributed by atoms with Gasteiger partial charge in [-0.15, -0.1) is 0 Å². The van der Waals surface area contributed by atoms with Crippen LogP contribution in [0.25, 0.3) is 0 Å². The van der Waals surface area contributed by atoms with Gasteiger partial charge in [0, 0.05) is 25.2 Å². The standard InChI is InChI=1S/C16H20FN3O3/c1-2-23-15(21)11-6-18-7-14(11)19-16(22)20-8-10-4-3-5-13(17)12(10)9-20/h3-5,11,14,18H,2,6-9H2,1H3,(H,19,22)/t11?,14-/m0/s1. The minimum absolute atomic E-state index is 0.248. The summed E-state index contributed by atoms with van der Waals surface area (Å²) in [7, 11) is 0. The average molecular weight is 321 g/mol. The topological polar surface area (TPSA) is 70.7 Å². The van der Waals surface area contributed by atoms with Crippen LogP contribution in [0.1, 0.15) is 18.1 Å². The number of nitrogens with zero attached hydrogens (tertiary/aromatic N) is 1. The van der Waals surface area contributed by atoms with Crippen molar-refractivity contribution >= 4 is 12.0 Å². The average Bonchev–Trinajstić information content (AvgIpc) is 3.14. The predicted molar refractivity (Wildman–Crippen MR) is 81.0 cm³/mol. The number of ether oxygens (including phenoxy) is 1. The Hall–Kier alpha value is -2.15. The fourth-order valence-electron chi connectivity index (χ4n) is 3.10. The van der Waals surface area contributed by atoms with E-state index in [0.717, 1.165) is 5.56 Å². The molecule has 23 heavy (non-hydrogen) atoms. The first-order valence-electron chi connectivity index (χ1n) is 7.79. The second-order valence-corrected chi connectivity index (χ2v) is 5.81. The second-order valence-electron chi connectivity index (χ2n) is 5.81. The molecule has 1 unspecified atom stereocenters. The van der Waals surface area contributed by atoms with Gasteiger partial charge in [0.1, 0.15) is 5.82 Å². The lowest BCUT2D eigenvalue weighted by Crippen LogP contribution is -2.47. The number of halogens is 1. The van der Waals surface area contributed by atoms with Crippen molar-refractivity contribution in [1.82, 2.24) is 15.5 Å². The van der Waals surface area contributed by atoms with E-state index in [9.17, 15) is 14.0 Å². The zero-order valence-electron chi connectivity index (χ0n) is 13.0. The minimum Gasteiger partial charge on any atom is -0.466 e. The van der Waals surface area contributed by atoms with Crippen molar-refractivity contribution in [2.75, 3.05) is 19.7 Å². The van der Waals surface area contributed by atoms with E-state index in [1.165, 1.54) is 6.07 Å². The lowest BCUT2D eigenvalue weighted by Gasteiger charge is -2.23. The largest absolute Gasteiger partial charge is 0.466 e. The Morgan fingerprint density at radius 2 is 2.22 bits per heavy atom. The van der Waals surface area contributed by atoms with Crippen molar-refractivity contribution in [1.29, 1.82) is 0 Å². The Morgan fingerprint density at radius 3 is 2.96 bits per heavy atom. The summed E-state index contributed by atoms with van der Waals surface area (Å²) in [5.41, 5.74) is 1.39. The molecule has 0 aliphatic carbocycles. The maximum absolute atomic E-state index is 13.8. The molecule has 2 aliphatic heterocycles. The molecular formula is C16H20FN3O3. The summed E-state index contributed by atoms with van der Waals surface area (Å²) in [5.74, 6) is -0.982. The number of esters is 1. The summed E-state index contributed by atoms with van der Waals surface area (Å²) in [6.07, 6.45) is 0. The van der Waals surface area contributed by atoms with Crippen LogP contribution in [0, 0.1) is 11.7 Å². The maximum Gasteiger partial charge on any atom is 0.318 e. The second kappa shape index (κ2) is 6.54. The van der Waals surface area contributed by atoms with E-state index in [0.29, 0.717) is 31.8 Å². The molecule has 1 saturated heterocycles. The molecule has 6 nitrogen and oxygen atoms in total. The van der Waals surface area contributed by atoms with Crippen LogP contribution >= 0.6 is 0 Å². The van der Waals surface area contributed by atoms with Crippen molar-refractivity contribution in [3.63, 3.8) is 0 Å². The van der Waals surface area contributed by atoms with E-state index in [1.54, 1.807) is 17.9 Å². The van der Waals surface area contributed by atoms with Gasteiger partial charge in [-0.05, 0) is 18.6 Å². The molecule has 3 rings (SSSR count). The van der Waals surface area contributed by atoms with Crippen molar-refractivity contribution < 1.29 is 18.7 Å². The van der Waals surface area contributed by atoms with Gasteiger partial charge in [-0.25, -0.2) is 9.18 Å². The highest BCUT2D eigenvalue weighted by atomic mass is 19.1. The fourth-order valence-corrected chi connectivity index (χ4v) is 3.10. The molecule has 1 fully saturated rings. The number of nitrogens with one attached hydrogen (secondary N) is 2. The van der Waals surface area contributed by atoms with Gasteiger partial charge in [0.2, 0.25) is 0 Å². The van der Waals surface area contributed by atoms with Crippen LogP contribution in [0.3, 0.4) is 0 Å². The molecule has 1 aromatic carbocycles. The number of benzene rings is 1. The number of hydrogen-bond donors (Lipinski definition) is 2. The quantitative estimate of drug-likeness (QED) is 0.815. The number of rotatable bonds is 3. The number of carbonyl (C=O) groups is 2. The van der Waals surface area contributed by atoms with Crippen LogP contribution < -0.4 is 10.6 Å². The van der Waals surface area contributed by atoms with Gasteiger partial charge in [0.05, 0.1) is 25.1 Å². The molecule has 0 saturated carbocycles. The zero-order valence-corrected chi connectivity index (χ0v) is 13.0. The molecule has 0 aromatic heterocycles. The summed E-state index contributed by atoms with van der Waals surface area (Å²) in [6.45, 7) is 3.70. The van der Waals surface area contributed by atoms with E-state index in [2.05, 4.69) is 10.6 Å². The monoisotopic (exact) mass is 321 g/mol. The molecule has 0 radical (unpaired) electrons. The fraction of sp³-hybridized carbons (Fsp3) is 0.500. The van der Waals surface area contributed by atoms with Gasteiger partial charge < -0.3 is 20.3 Å². The van der Waals surface area contributed by atoms with E-state index in [1.807, 2.05) is 6.07 Å². The van der Waals surface area contributed by atoms with Crippen molar-refractivity contribution in [2.45, 2.75) is 26.1 Å². The molecule has 2 amide bonds. The number of urea groups is 1. The number of amides is 2. The Kier molecular flexibility index (Phi) is 4.47.